The lowest BCUT2D eigenvalue weighted by molar-refractivity contribution is -0.133. The van der Waals surface area contributed by atoms with Gasteiger partial charge in [-0.25, -0.2) is 4.98 Å². The molecule has 154 valence electrons. The third kappa shape index (κ3) is 4.57. The quantitative estimate of drug-likeness (QED) is 0.810. The van der Waals surface area contributed by atoms with Gasteiger partial charge in [0, 0.05) is 55.8 Å². The molecule has 2 aliphatic rings. The molecule has 0 spiro atoms. The maximum atomic E-state index is 13.0. The predicted molar refractivity (Wildman–Crippen MR) is 110 cm³/mol. The summed E-state index contributed by atoms with van der Waals surface area (Å²) in [7, 11) is 0. The molecule has 2 aromatic rings. The number of amides is 1. The van der Waals surface area contributed by atoms with Gasteiger partial charge in [-0.3, -0.25) is 20.6 Å². The van der Waals surface area contributed by atoms with E-state index in [1.807, 2.05) is 35.2 Å². The van der Waals surface area contributed by atoms with Crippen molar-refractivity contribution in [1.29, 1.82) is 0 Å². The largest absolute Gasteiger partial charge is 0.437 e. The second-order valence-electron chi connectivity index (χ2n) is 8.07. The van der Waals surface area contributed by atoms with E-state index in [4.69, 9.17) is 4.74 Å². The zero-order chi connectivity index (χ0) is 20.2. The SMILES string of the molecule is CC1NNC(C)C1CC(=O)N1CCCC(c2nccnc2Oc2ccccc2)C1. The standard InChI is InChI=1S/C22H29N5O2/c1-15-19(16(2)26-25-15)13-20(28)27-12-6-7-17(14-27)21-22(24-11-10-23-21)29-18-8-4-3-5-9-18/h3-5,8-11,15-17,19,25-26H,6-7,12-14H2,1-2H3. The summed E-state index contributed by atoms with van der Waals surface area (Å²) in [4.78, 5) is 24.0. The van der Waals surface area contributed by atoms with Gasteiger partial charge in [-0.15, -0.1) is 0 Å². The Morgan fingerprint density at radius 1 is 1.14 bits per heavy atom. The molecule has 7 heteroatoms. The van der Waals surface area contributed by atoms with Crippen molar-refractivity contribution in [2.45, 2.75) is 51.1 Å². The number of para-hydroxylation sites is 1. The topological polar surface area (TPSA) is 79.4 Å². The van der Waals surface area contributed by atoms with E-state index in [1.54, 1.807) is 12.4 Å². The van der Waals surface area contributed by atoms with Crippen LogP contribution in [0.4, 0.5) is 0 Å². The summed E-state index contributed by atoms with van der Waals surface area (Å²) in [5, 5.41) is 0. The molecule has 1 aromatic heterocycles. The number of carbonyl (C=O) groups is 1. The van der Waals surface area contributed by atoms with Crippen LogP contribution in [0.25, 0.3) is 0 Å². The minimum atomic E-state index is 0.134. The third-order valence-electron chi connectivity index (χ3n) is 6.04. The minimum Gasteiger partial charge on any atom is -0.437 e. The van der Waals surface area contributed by atoms with E-state index in [0.717, 1.165) is 30.8 Å². The van der Waals surface area contributed by atoms with Crippen LogP contribution in [0.15, 0.2) is 42.7 Å². The summed E-state index contributed by atoms with van der Waals surface area (Å²) in [6, 6.07) is 10.2. The fourth-order valence-electron chi connectivity index (χ4n) is 4.32. The van der Waals surface area contributed by atoms with Crippen LogP contribution in [0.5, 0.6) is 11.6 Å². The zero-order valence-corrected chi connectivity index (χ0v) is 17.0. The van der Waals surface area contributed by atoms with Crippen LogP contribution in [0.3, 0.4) is 0 Å². The van der Waals surface area contributed by atoms with E-state index in [1.165, 1.54) is 0 Å². The van der Waals surface area contributed by atoms with Crippen molar-refractivity contribution in [3.8, 4) is 11.6 Å². The molecule has 1 amide bonds. The molecule has 2 fully saturated rings. The second kappa shape index (κ2) is 8.88. The van der Waals surface area contributed by atoms with Crippen molar-refractivity contribution < 1.29 is 9.53 Å². The van der Waals surface area contributed by atoms with E-state index in [-0.39, 0.29) is 11.8 Å². The van der Waals surface area contributed by atoms with E-state index in [2.05, 4.69) is 34.7 Å². The number of hydrogen-bond donors (Lipinski definition) is 2. The summed E-state index contributed by atoms with van der Waals surface area (Å²) in [6.07, 6.45) is 5.85. The molecule has 3 unspecified atom stereocenters. The van der Waals surface area contributed by atoms with Crippen LogP contribution >= 0.6 is 0 Å². The van der Waals surface area contributed by atoms with Crippen LogP contribution in [0, 0.1) is 5.92 Å². The van der Waals surface area contributed by atoms with Gasteiger partial charge in [-0.2, -0.15) is 0 Å². The summed E-state index contributed by atoms with van der Waals surface area (Å²) in [6.45, 7) is 5.72. The van der Waals surface area contributed by atoms with Gasteiger partial charge in [0.1, 0.15) is 11.4 Å². The Labute approximate surface area is 171 Å². The fourth-order valence-corrected chi connectivity index (χ4v) is 4.32. The number of aromatic nitrogens is 2. The van der Waals surface area contributed by atoms with Crippen molar-refractivity contribution in [1.82, 2.24) is 25.7 Å². The first-order valence-corrected chi connectivity index (χ1v) is 10.4. The molecule has 2 saturated heterocycles. The molecule has 4 rings (SSSR count). The van der Waals surface area contributed by atoms with Crippen LogP contribution in [0.2, 0.25) is 0 Å². The Morgan fingerprint density at radius 3 is 2.62 bits per heavy atom. The summed E-state index contributed by atoms with van der Waals surface area (Å²) in [5.74, 6) is 1.93. The lowest BCUT2D eigenvalue weighted by Crippen LogP contribution is -2.41. The lowest BCUT2D eigenvalue weighted by atomic mass is 9.90. The summed E-state index contributed by atoms with van der Waals surface area (Å²) >= 11 is 0. The Balaban J connectivity index is 1.45. The molecule has 29 heavy (non-hydrogen) atoms. The first-order valence-electron chi connectivity index (χ1n) is 10.4. The molecular formula is C22H29N5O2. The van der Waals surface area contributed by atoms with Crippen molar-refractivity contribution in [3.05, 3.63) is 48.4 Å². The average Bonchev–Trinajstić information content (AvgIpc) is 3.07. The monoisotopic (exact) mass is 395 g/mol. The van der Waals surface area contributed by atoms with Gasteiger partial charge in [-0.1, -0.05) is 18.2 Å². The van der Waals surface area contributed by atoms with Crippen LogP contribution in [0.1, 0.15) is 44.7 Å². The summed E-state index contributed by atoms with van der Waals surface area (Å²) in [5.41, 5.74) is 7.31. The van der Waals surface area contributed by atoms with E-state index in [0.29, 0.717) is 36.8 Å². The molecule has 0 bridgehead atoms. The highest BCUT2D eigenvalue weighted by atomic mass is 16.5. The number of likely N-dealkylation sites (tertiary alicyclic amines) is 1. The van der Waals surface area contributed by atoms with Crippen LogP contribution in [-0.4, -0.2) is 45.9 Å². The number of nitrogens with zero attached hydrogens (tertiary/aromatic N) is 3. The van der Waals surface area contributed by atoms with Crippen molar-refractivity contribution in [2.75, 3.05) is 13.1 Å². The van der Waals surface area contributed by atoms with E-state index in [9.17, 15) is 4.79 Å². The normalized spacial score (nSPS) is 27.0. The molecule has 2 N–H and O–H groups in total. The van der Waals surface area contributed by atoms with Crippen LogP contribution < -0.4 is 15.6 Å². The number of piperidine rings is 1. The number of ether oxygens (including phenoxy) is 1. The zero-order valence-electron chi connectivity index (χ0n) is 17.0. The number of hydrogen-bond acceptors (Lipinski definition) is 6. The number of nitrogens with one attached hydrogen (secondary N) is 2. The van der Waals surface area contributed by atoms with Gasteiger partial charge in [0.15, 0.2) is 0 Å². The third-order valence-corrected chi connectivity index (χ3v) is 6.04. The van der Waals surface area contributed by atoms with Crippen LogP contribution in [-0.2, 0) is 4.79 Å². The molecule has 0 aliphatic carbocycles. The number of benzene rings is 1. The van der Waals surface area contributed by atoms with Gasteiger partial charge in [-0.05, 0) is 38.8 Å². The first-order chi connectivity index (χ1) is 14.1. The van der Waals surface area contributed by atoms with Gasteiger partial charge >= 0.3 is 0 Å². The highest BCUT2D eigenvalue weighted by Gasteiger charge is 2.34. The predicted octanol–water partition coefficient (Wildman–Crippen LogP) is 2.87. The molecule has 7 nitrogen and oxygen atoms in total. The Morgan fingerprint density at radius 2 is 1.86 bits per heavy atom. The smallest absolute Gasteiger partial charge is 0.241 e. The number of hydrazine groups is 1. The first kappa shape index (κ1) is 19.8. The Hall–Kier alpha value is -2.51. The van der Waals surface area contributed by atoms with Crippen molar-refractivity contribution in [3.63, 3.8) is 0 Å². The van der Waals surface area contributed by atoms with E-state index < -0.39 is 0 Å². The maximum absolute atomic E-state index is 13.0. The molecule has 3 atom stereocenters. The van der Waals surface area contributed by atoms with Crippen molar-refractivity contribution >= 4 is 5.91 Å². The van der Waals surface area contributed by atoms with Gasteiger partial charge in [0.05, 0.1) is 0 Å². The summed E-state index contributed by atoms with van der Waals surface area (Å²) < 4.78 is 6.00. The molecule has 0 saturated carbocycles. The molecule has 1 aromatic carbocycles. The Bertz CT molecular complexity index is 821. The molecule has 0 radical (unpaired) electrons. The van der Waals surface area contributed by atoms with E-state index >= 15 is 0 Å². The lowest BCUT2D eigenvalue weighted by Gasteiger charge is -2.34. The van der Waals surface area contributed by atoms with Gasteiger partial charge in [0.2, 0.25) is 11.8 Å². The Kier molecular flexibility index (Phi) is 6.06. The minimum absolute atomic E-state index is 0.134. The average molecular weight is 396 g/mol. The highest BCUT2D eigenvalue weighted by Crippen LogP contribution is 2.33. The van der Waals surface area contributed by atoms with Gasteiger partial charge in [0.25, 0.3) is 0 Å². The molecule has 3 heterocycles. The van der Waals surface area contributed by atoms with Gasteiger partial charge < -0.3 is 9.64 Å². The second-order valence-corrected chi connectivity index (χ2v) is 8.07. The molecular weight excluding hydrogens is 366 g/mol. The molecule has 2 aliphatic heterocycles. The fraction of sp³-hybridized carbons (Fsp3) is 0.500. The number of rotatable bonds is 5. The highest BCUT2D eigenvalue weighted by molar-refractivity contribution is 5.77. The van der Waals surface area contributed by atoms with Crippen molar-refractivity contribution in [2.24, 2.45) is 5.92 Å². The maximum Gasteiger partial charge on any atom is 0.241 e. The number of carbonyl (C=O) groups excluding carboxylic acids is 1.